The number of carbonyl (C=O) groups excluding carboxylic acids is 1. The van der Waals surface area contributed by atoms with E-state index in [0.717, 1.165) is 25.1 Å². The molecular weight excluding hydrogens is 380 g/mol. The Balaban J connectivity index is 1.87. The minimum Gasteiger partial charge on any atom is -0.511 e. The topological polar surface area (TPSA) is 86.8 Å². The van der Waals surface area contributed by atoms with Crippen LogP contribution in [-0.2, 0) is 13.0 Å². The first-order valence-corrected chi connectivity index (χ1v) is 9.57. The van der Waals surface area contributed by atoms with Crippen molar-refractivity contribution in [3.63, 3.8) is 0 Å². The highest BCUT2D eigenvalue weighted by molar-refractivity contribution is 6.23. The summed E-state index contributed by atoms with van der Waals surface area (Å²) in [7, 11) is 2.09. The maximum atomic E-state index is 12.2. The van der Waals surface area contributed by atoms with E-state index in [9.17, 15) is 15.0 Å². The van der Waals surface area contributed by atoms with Gasteiger partial charge in [0.25, 0.3) is 0 Å². The maximum absolute atomic E-state index is 12.2. The smallest absolute Gasteiger partial charge is 0.182 e. The third-order valence-electron chi connectivity index (χ3n) is 5.30. The minimum atomic E-state index is -0.677. The summed E-state index contributed by atoms with van der Waals surface area (Å²) >= 11 is 6.16. The van der Waals surface area contributed by atoms with E-state index in [0.29, 0.717) is 16.9 Å². The molecule has 0 saturated heterocycles. The number of likely N-dealkylation sites (N-methyl/N-ethyl adjacent to an activating group) is 1. The van der Waals surface area contributed by atoms with Crippen LogP contribution < -0.4 is 0 Å². The lowest BCUT2D eigenvalue weighted by Gasteiger charge is -2.25. The van der Waals surface area contributed by atoms with Crippen molar-refractivity contribution in [1.29, 1.82) is 0 Å². The molecule has 1 aliphatic heterocycles. The number of fused-ring (bicyclic) bond motifs is 1. The Bertz CT molecular complexity index is 1020. The van der Waals surface area contributed by atoms with E-state index in [4.69, 9.17) is 16.1 Å². The Morgan fingerprint density at radius 3 is 2.86 bits per heavy atom. The molecule has 0 spiro atoms. The van der Waals surface area contributed by atoms with Crippen molar-refractivity contribution in [3.8, 4) is 11.1 Å². The van der Waals surface area contributed by atoms with Crippen molar-refractivity contribution in [1.82, 2.24) is 10.1 Å². The number of carbonyl (C=O) groups is 1. The van der Waals surface area contributed by atoms with Crippen LogP contribution in [0.25, 0.3) is 16.7 Å². The summed E-state index contributed by atoms with van der Waals surface area (Å²) in [5.74, 6) is -0.153. The molecule has 1 unspecified atom stereocenters. The number of allylic oxidation sites excluding steroid dienone is 3. The highest BCUT2D eigenvalue weighted by Crippen LogP contribution is 2.40. The minimum absolute atomic E-state index is 0.103. The Labute approximate surface area is 167 Å². The average Bonchev–Trinajstić information content (AvgIpc) is 3.09. The summed E-state index contributed by atoms with van der Waals surface area (Å²) in [5, 5.41) is 23.4. The second kappa shape index (κ2) is 7.11. The van der Waals surface area contributed by atoms with Crippen molar-refractivity contribution < 1.29 is 19.5 Å². The Morgan fingerprint density at radius 2 is 2.11 bits per heavy atom. The number of rotatable bonds is 3. The van der Waals surface area contributed by atoms with Crippen LogP contribution in [0.3, 0.4) is 0 Å². The molecule has 0 radical (unpaired) electrons. The lowest BCUT2D eigenvalue weighted by atomic mass is 9.90. The van der Waals surface area contributed by atoms with Gasteiger partial charge in [-0.1, -0.05) is 23.4 Å². The van der Waals surface area contributed by atoms with E-state index in [1.165, 1.54) is 24.1 Å². The van der Waals surface area contributed by atoms with Gasteiger partial charge < -0.3 is 19.6 Å². The van der Waals surface area contributed by atoms with Crippen LogP contribution in [0, 0.1) is 0 Å². The highest BCUT2D eigenvalue weighted by Gasteiger charge is 2.30. The fourth-order valence-electron chi connectivity index (χ4n) is 3.77. The van der Waals surface area contributed by atoms with E-state index < -0.39 is 5.38 Å². The number of halogens is 1. The molecular formula is C21H21ClN2O4. The van der Waals surface area contributed by atoms with Gasteiger partial charge in [-0.3, -0.25) is 4.79 Å². The number of benzene rings is 1. The second-order valence-electron chi connectivity index (χ2n) is 7.37. The van der Waals surface area contributed by atoms with Crippen molar-refractivity contribution in [3.05, 3.63) is 58.4 Å². The predicted octanol–water partition coefficient (Wildman–Crippen LogP) is 4.25. The molecule has 2 aliphatic rings. The molecule has 6 nitrogen and oxygen atoms in total. The monoisotopic (exact) mass is 400 g/mol. The summed E-state index contributed by atoms with van der Waals surface area (Å²) in [5.41, 5.74) is 4.49. The quantitative estimate of drug-likeness (QED) is 0.591. The molecule has 28 heavy (non-hydrogen) atoms. The summed E-state index contributed by atoms with van der Waals surface area (Å²) in [6.45, 7) is 3.29. The summed E-state index contributed by atoms with van der Waals surface area (Å²) in [6.07, 6.45) is 2.30. The van der Waals surface area contributed by atoms with Crippen LogP contribution in [0.5, 0.6) is 0 Å². The standard InChI is InChI=1S/C21H21ClN2O4/c1-11(25)20-19(13-3-4-14-10-24(2)6-5-12(14)7-13)21(28-23-20)15-8-16(22)18(27)9-17(15)26/h3-4,7,9,16,26-27H,5-6,8,10H2,1-2H3. The van der Waals surface area contributed by atoms with Gasteiger partial charge in [-0.15, -0.1) is 11.6 Å². The molecule has 7 heteroatoms. The molecule has 146 valence electrons. The number of aliphatic hydroxyl groups is 2. The van der Waals surface area contributed by atoms with Gasteiger partial charge in [0.2, 0.25) is 0 Å². The first-order chi connectivity index (χ1) is 13.3. The third kappa shape index (κ3) is 3.23. The average molecular weight is 401 g/mol. The van der Waals surface area contributed by atoms with Gasteiger partial charge in [-0.05, 0) is 30.2 Å². The first-order valence-electron chi connectivity index (χ1n) is 9.13. The molecule has 4 rings (SSSR count). The van der Waals surface area contributed by atoms with Gasteiger partial charge in [0.1, 0.15) is 11.5 Å². The summed E-state index contributed by atoms with van der Waals surface area (Å²) in [4.78, 5) is 14.4. The number of hydrogen-bond acceptors (Lipinski definition) is 6. The lowest BCUT2D eigenvalue weighted by Crippen LogP contribution is -2.26. The Kier molecular flexibility index (Phi) is 4.77. The Hall–Kier alpha value is -2.57. The van der Waals surface area contributed by atoms with Gasteiger partial charge >= 0.3 is 0 Å². The van der Waals surface area contributed by atoms with Crippen LogP contribution in [0.1, 0.15) is 40.7 Å². The molecule has 1 aliphatic carbocycles. The number of alkyl halides is 1. The zero-order valence-electron chi connectivity index (χ0n) is 15.7. The number of nitrogens with zero attached hydrogens (tertiary/aromatic N) is 2. The van der Waals surface area contributed by atoms with E-state index in [1.807, 2.05) is 6.07 Å². The van der Waals surface area contributed by atoms with Gasteiger partial charge in [-0.25, -0.2) is 0 Å². The summed E-state index contributed by atoms with van der Waals surface area (Å²) in [6, 6.07) is 6.08. The van der Waals surface area contributed by atoms with Gasteiger partial charge in [0.15, 0.2) is 17.2 Å². The number of Topliss-reactive ketones (excluding diaryl/α,β-unsaturated/α-hetero) is 1. The molecule has 0 saturated carbocycles. The van der Waals surface area contributed by atoms with Gasteiger partial charge in [0.05, 0.1) is 10.9 Å². The van der Waals surface area contributed by atoms with E-state index in [-0.39, 0.29) is 29.4 Å². The fraction of sp³-hybridized carbons (Fsp3) is 0.333. The van der Waals surface area contributed by atoms with Gasteiger partial charge in [0, 0.05) is 38.1 Å². The van der Waals surface area contributed by atoms with Crippen LogP contribution in [0.15, 0.2) is 40.3 Å². The van der Waals surface area contributed by atoms with Crippen molar-refractivity contribution in [2.45, 2.75) is 31.7 Å². The normalized spacial score (nSPS) is 20.1. The molecule has 0 amide bonds. The van der Waals surface area contributed by atoms with Crippen LogP contribution in [-0.4, -0.2) is 45.0 Å². The van der Waals surface area contributed by atoms with E-state index in [1.54, 1.807) is 0 Å². The largest absolute Gasteiger partial charge is 0.511 e. The van der Waals surface area contributed by atoms with Crippen molar-refractivity contribution >= 4 is 23.0 Å². The molecule has 0 bridgehead atoms. The van der Waals surface area contributed by atoms with Crippen LogP contribution >= 0.6 is 11.6 Å². The van der Waals surface area contributed by atoms with Crippen molar-refractivity contribution in [2.75, 3.05) is 13.6 Å². The number of aliphatic hydroxyl groups excluding tert-OH is 2. The SMILES string of the molecule is CC(=O)c1noc(C2=C(O)C=C(O)C(Cl)C2)c1-c1ccc2c(c1)CCN(C)C2. The van der Waals surface area contributed by atoms with E-state index >= 15 is 0 Å². The number of hydrogen-bond donors (Lipinski definition) is 2. The number of ketones is 1. The van der Waals surface area contributed by atoms with Crippen LogP contribution in [0.4, 0.5) is 0 Å². The van der Waals surface area contributed by atoms with E-state index in [2.05, 4.69) is 29.2 Å². The predicted molar refractivity (Wildman–Crippen MR) is 107 cm³/mol. The molecule has 1 atom stereocenters. The molecule has 2 heterocycles. The number of aromatic nitrogens is 1. The lowest BCUT2D eigenvalue weighted by molar-refractivity contribution is 0.100. The van der Waals surface area contributed by atoms with Crippen LogP contribution in [0.2, 0.25) is 0 Å². The van der Waals surface area contributed by atoms with Crippen molar-refractivity contribution in [2.24, 2.45) is 0 Å². The zero-order chi connectivity index (χ0) is 20.0. The summed E-state index contributed by atoms with van der Waals surface area (Å²) < 4.78 is 5.50. The van der Waals surface area contributed by atoms with Gasteiger partial charge in [-0.2, -0.15) is 0 Å². The molecule has 2 aromatic rings. The molecule has 0 fully saturated rings. The fourth-order valence-corrected chi connectivity index (χ4v) is 3.99. The Morgan fingerprint density at radius 1 is 1.32 bits per heavy atom. The molecule has 2 N–H and O–H groups in total. The molecule has 1 aromatic carbocycles. The molecule has 1 aromatic heterocycles. The second-order valence-corrected chi connectivity index (χ2v) is 7.89. The highest BCUT2D eigenvalue weighted by atomic mass is 35.5. The zero-order valence-corrected chi connectivity index (χ0v) is 16.5. The maximum Gasteiger partial charge on any atom is 0.182 e. The third-order valence-corrected chi connectivity index (χ3v) is 5.67. The first kappa shape index (κ1) is 18.8.